The molecule has 4 aromatic rings. The second kappa shape index (κ2) is 7.98. The molecule has 32 heavy (non-hydrogen) atoms. The van der Waals surface area contributed by atoms with Crippen molar-refractivity contribution in [1.82, 2.24) is 19.9 Å². The molecule has 2 aromatic carbocycles. The van der Waals surface area contributed by atoms with Crippen molar-refractivity contribution >= 4 is 45.5 Å². The van der Waals surface area contributed by atoms with E-state index in [9.17, 15) is 18.0 Å². The van der Waals surface area contributed by atoms with Crippen LogP contribution in [0.25, 0.3) is 27.9 Å². The summed E-state index contributed by atoms with van der Waals surface area (Å²) in [7, 11) is 0. The van der Waals surface area contributed by atoms with Crippen LogP contribution in [-0.2, 0) is 6.18 Å². The van der Waals surface area contributed by atoms with E-state index in [2.05, 4.69) is 15.3 Å². The minimum absolute atomic E-state index is 0.0575. The lowest BCUT2D eigenvalue weighted by Crippen LogP contribution is -2.32. The molecule has 0 saturated heterocycles. The van der Waals surface area contributed by atoms with Gasteiger partial charge in [-0.15, -0.1) is 0 Å². The molecule has 0 aliphatic rings. The largest absolute Gasteiger partial charge is 0.417 e. The second-order valence-corrected chi connectivity index (χ2v) is 7.83. The predicted octanol–water partition coefficient (Wildman–Crippen LogP) is 5.36. The third-order valence-electron chi connectivity index (χ3n) is 5.23. The number of hydrogen-bond donors (Lipinski definition) is 2. The van der Waals surface area contributed by atoms with Crippen LogP contribution >= 0.6 is 11.6 Å². The van der Waals surface area contributed by atoms with Gasteiger partial charge in [0.25, 0.3) is 5.91 Å². The van der Waals surface area contributed by atoms with Crippen molar-refractivity contribution in [2.45, 2.75) is 32.5 Å². The molecule has 1 atom stereocenters. The number of fused-ring (bicyclic) bond motifs is 2. The van der Waals surface area contributed by atoms with E-state index in [1.54, 1.807) is 24.3 Å². The molecule has 2 aromatic heterocycles. The lowest BCUT2D eigenvalue weighted by atomic mass is 10.2. The Kier molecular flexibility index (Phi) is 5.46. The Morgan fingerprint density at radius 3 is 2.47 bits per heavy atom. The van der Waals surface area contributed by atoms with Crippen LogP contribution in [0.1, 0.15) is 36.2 Å². The molecule has 166 valence electrons. The molecular weight excluding hydrogens is 443 g/mol. The number of halogens is 4. The fraction of sp³-hybridized carbons (Fsp3) is 0.227. The number of anilines is 1. The van der Waals surface area contributed by atoms with Gasteiger partial charge in [0.1, 0.15) is 16.9 Å². The molecule has 3 N–H and O–H groups in total. The quantitative estimate of drug-likeness (QED) is 0.428. The molecule has 6 nitrogen and oxygen atoms in total. The summed E-state index contributed by atoms with van der Waals surface area (Å²) in [5, 5.41) is 2.39. The summed E-state index contributed by atoms with van der Waals surface area (Å²) in [6.45, 7) is 3.75. The summed E-state index contributed by atoms with van der Waals surface area (Å²) in [6.07, 6.45) is -3.98. The number of nitrogens with one attached hydrogen (secondary N) is 1. The smallest absolute Gasteiger partial charge is 0.384 e. The first-order valence-electron chi connectivity index (χ1n) is 9.86. The first kappa shape index (κ1) is 21.9. The summed E-state index contributed by atoms with van der Waals surface area (Å²) in [6, 6.07) is 10.3. The number of nitrogens with zero attached hydrogens (tertiary/aromatic N) is 3. The van der Waals surface area contributed by atoms with E-state index in [0.29, 0.717) is 17.5 Å². The summed E-state index contributed by atoms with van der Waals surface area (Å²) < 4.78 is 41.7. The topological polar surface area (TPSA) is 85.8 Å². The lowest BCUT2D eigenvalue weighted by Gasteiger charge is -2.14. The third kappa shape index (κ3) is 3.73. The molecule has 0 aliphatic heterocycles. The van der Waals surface area contributed by atoms with E-state index in [1.165, 1.54) is 10.6 Å². The van der Waals surface area contributed by atoms with Crippen LogP contribution in [0.4, 0.5) is 19.0 Å². The van der Waals surface area contributed by atoms with Crippen LogP contribution in [0.5, 0.6) is 0 Å². The molecule has 0 unspecified atom stereocenters. The summed E-state index contributed by atoms with van der Waals surface area (Å²) >= 11 is 5.78. The first-order chi connectivity index (χ1) is 15.1. The minimum atomic E-state index is -4.67. The highest BCUT2D eigenvalue weighted by Crippen LogP contribution is 2.38. The number of nitrogen functional groups attached to an aromatic ring is 1. The zero-order chi connectivity index (χ0) is 23.2. The van der Waals surface area contributed by atoms with Gasteiger partial charge in [0.05, 0.1) is 21.6 Å². The summed E-state index contributed by atoms with van der Waals surface area (Å²) in [5.74, 6) is -0.540. The zero-order valence-corrected chi connectivity index (χ0v) is 17.9. The maximum atomic E-state index is 13.5. The van der Waals surface area contributed by atoms with Crippen LogP contribution < -0.4 is 11.1 Å². The Hall–Kier alpha value is -3.33. The Labute approximate surface area is 186 Å². The Bertz CT molecular complexity index is 1350. The van der Waals surface area contributed by atoms with Gasteiger partial charge in [-0.25, -0.2) is 9.97 Å². The summed E-state index contributed by atoms with van der Waals surface area (Å²) in [4.78, 5) is 22.1. The van der Waals surface area contributed by atoms with Gasteiger partial charge in [-0.2, -0.15) is 13.2 Å². The van der Waals surface area contributed by atoms with Gasteiger partial charge in [-0.05, 0) is 43.7 Å². The third-order valence-corrected chi connectivity index (χ3v) is 5.56. The lowest BCUT2D eigenvalue weighted by molar-refractivity contribution is -0.137. The highest BCUT2D eigenvalue weighted by Gasteiger charge is 2.34. The van der Waals surface area contributed by atoms with Crippen molar-refractivity contribution in [3.05, 3.63) is 58.6 Å². The van der Waals surface area contributed by atoms with Gasteiger partial charge < -0.3 is 11.1 Å². The fourth-order valence-electron chi connectivity index (χ4n) is 3.41. The van der Waals surface area contributed by atoms with Crippen molar-refractivity contribution in [2.24, 2.45) is 0 Å². The van der Waals surface area contributed by atoms with Crippen LogP contribution in [0, 0.1) is 0 Å². The second-order valence-electron chi connectivity index (χ2n) is 7.42. The number of para-hydroxylation sites is 2. The molecule has 0 spiro atoms. The molecule has 1 amide bonds. The van der Waals surface area contributed by atoms with Crippen LogP contribution in [0.2, 0.25) is 5.02 Å². The van der Waals surface area contributed by atoms with E-state index < -0.39 is 22.7 Å². The maximum Gasteiger partial charge on any atom is 0.417 e. The Morgan fingerprint density at radius 2 is 1.84 bits per heavy atom. The average Bonchev–Trinajstić information content (AvgIpc) is 3.02. The van der Waals surface area contributed by atoms with Gasteiger partial charge >= 0.3 is 6.18 Å². The molecule has 0 aliphatic carbocycles. The van der Waals surface area contributed by atoms with Crippen LogP contribution in [0.3, 0.4) is 0 Å². The molecule has 0 bridgehead atoms. The van der Waals surface area contributed by atoms with Gasteiger partial charge in [0.15, 0.2) is 5.65 Å². The number of amides is 1. The number of alkyl halides is 3. The van der Waals surface area contributed by atoms with Gasteiger partial charge in [0.2, 0.25) is 0 Å². The van der Waals surface area contributed by atoms with E-state index in [4.69, 9.17) is 17.3 Å². The number of aromatic nitrogens is 3. The van der Waals surface area contributed by atoms with Crippen molar-refractivity contribution in [3.8, 4) is 5.69 Å². The monoisotopic (exact) mass is 461 g/mol. The van der Waals surface area contributed by atoms with E-state index in [-0.39, 0.29) is 34.3 Å². The standard InChI is InChI=1S/C22H19ClF3N5O/c1-3-11(2)28-21(32)17-18-20(30-16-7-5-4-6-15(16)29-18)31(19(17)27)12-8-9-14(23)13(10-12)22(24,25)26/h4-11H,3,27H2,1-2H3,(H,28,32)/t11-/m0/s1. The SMILES string of the molecule is CC[C@H](C)NC(=O)c1c(N)n(-c2ccc(Cl)c(C(F)(F)F)c2)c2nc3ccccc3nc12. The Morgan fingerprint density at radius 1 is 1.19 bits per heavy atom. The van der Waals surface area contributed by atoms with E-state index in [0.717, 1.165) is 12.1 Å². The highest BCUT2D eigenvalue weighted by molar-refractivity contribution is 6.31. The predicted molar refractivity (Wildman–Crippen MR) is 118 cm³/mol. The molecule has 0 radical (unpaired) electrons. The molecule has 0 saturated carbocycles. The zero-order valence-electron chi connectivity index (χ0n) is 17.2. The van der Waals surface area contributed by atoms with E-state index >= 15 is 0 Å². The van der Waals surface area contributed by atoms with Gasteiger partial charge in [0, 0.05) is 11.7 Å². The molecular formula is C22H19ClF3N5O. The number of carbonyl (C=O) groups is 1. The van der Waals surface area contributed by atoms with Crippen LogP contribution in [-0.4, -0.2) is 26.5 Å². The summed E-state index contributed by atoms with van der Waals surface area (Å²) in [5.41, 5.74) is 6.85. The fourth-order valence-corrected chi connectivity index (χ4v) is 3.64. The van der Waals surface area contributed by atoms with Gasteiger partial charge in [-0.3, -0.25) is 9.36 Å². The van der Waals surface area contributed by atoms with Crippen molar-refractivity contribution in [3.63, 3.8) is 0 Å². The number of nitrogens with two attached hydrogens (primary N) is 1. The van der Waals surface area contributed by atoms with E-state index in [1.807, 2.05) is 13.8 Å². The maximum absolute atomic E-state index is 13.5. The average molecular weight is 462 g/mol. The highest BCUT2D eigenvalue weighted by atomic mass is 35.5. The minimum Gasteiger partial charge on any atom is -0.384 e. The number of rotatable bonds is 4. The number of carbonyl (C=O) groups excluding carboxylic acids is 1. The van der Waals surface area contributed by atoms with Crippen molar-refractivity contribution in [2.75, 3.05) is 5.73 Å². The molecule has 4 rings (SSSR count). The van der Waals surface area contributed by atoms with Gasteiger partial charge in [-0.1, -0.05) is 30.7 Å². The molecule has 2 heterocycles. The number of hydrogen-bond acceptors (Lipinski definition) is 4. The first-order valence-corrected chi connectivity index (χ1v) is 10.2. The molecule has 0 fully saturated rings. The van der Waals surface area contributed by atoms with Crippen molar-refractivity contribution < 1.29 is 18.0 Å². The van der Waals surface area contributed by atoms with Crippen LogP contribution in [0.15, 0.2) is 42.5 Å². The molecule has 10 heteroatoms. The van der Waals surface area contributed by atoms with Crippen molar-refractivity contribution in [1.29, 1.82) is 0 Å². The number of benzene rings is 2. The Balaban J connectivity index is 2.04. The normalized spacial score (nSPS) is 12.9.